The Kier molecular flexibility index (Phi) is 3.42. The van der Waals surface area contributed by atoms with Crippen LogP contribution >= 0.6 is 0 Å². The first kappa shape index (κ1) is 15.2. The van der Waals surface area contributed by atoms with Crippen LogP contribution in [-0.2, 0) is 9.59 Å². The molecule has 0 N–H and O–H groups in total. The number of rotatable bonds is 2. The maximum absolute atomic E-state index is 12.7. The zero-order valence-electron chi connectivity index (χ0n) is 13.5. The molecular weight excluding hydrogens is 320 g/mol. The molecule has 1 aromatic carbocycles. The van der Waals surface area contributed by atoms with Gasteiger partial charge in [-0.3, -0.25) is 23.9 Å². The molecule has 0 spiro atoms. The first-order valence-corrected chi connectivity index (χ1v) is 7.87. The van der Waals surface area contributed by atoms with Crippen LogP contribution in [0.1, 0.15) is 18.5 Å². The van der Waals surface area contributed by atoms with Gasteiger partial charge in [0.05, 0.1) is 11.4 Å². The molecule has 1 saturated heterocycles. The summed E-state index contributed by atoms with van der Waals surface area (Å²) in [6, 6.07) is 10.3. The monoisotopic (exact) mass is 334 g/mol. The zero-order valence-corrected chi connectivity index (χ0v) is 13.5. The van der Waals surface area contributed by atoms with Gasteiger partial charge in [-0.2, -0.15) is 0 Å². The van der Waals surface area contributed by atoms with Gasteiger partial charge in [0, 0.05) is 19.0 Å². The van der Waals surface area contributed by atoms with Gasteiger partial charge in [0.2, 0.25) is 11.8 Å². The number of carbonyl (C=O) groups is 2. The number of hydrogen-bond acceptors (Lipinski definition) is 5. The second-order valence-electron chi connectivity index (χ2n) is 5.83. The Hall–Kier alpha value is -3.35. The number of aromatic nitrogens is 3. The second-order valence-corrected chi connectivity index (χ2v) is 5.83. The van der Waals surface area contributed by atoms with Gasteiger partial charge in [-0.15, -0.1) is 0 Å². The number of pyridine rings is 1. The quantitative estimate of drug-likeness (QED) is 0.667. The minimum atomic E-state index is -0.289. The molecule has 0 bridgehead atoms. The summed E-state index contributed by atoms with van der Waals surface area (Å²) in [7, 11) is 0. The van der Waals surface area contributed by atoms with E-state index in [2.05, 4.69) is 9.97 Å². The summed E-state index contributed by atoms with van der Waals surface area (Å²) in [5.41, 5.74) is 2.06. The van der Waals surface area contributed by atoms with Crippen molar-refractivity contribution in [3.63, 3.8) is 0 Å². The molecule has 1 aliphatic rings. The minimum absolute atomic E-state index is 0.210. The Morgan fingerprint density at radius 3 is 2.44 bits per heavy atom. The molecule has 1 aliphatic heterocycles. The SMILES string of the molecule is Cc1nc2cccnc2n(-c2cccc(N3C(=O)CCC3=O)c2)c1=O. The van der Waals surface area contributed by atoms with Crippen molar-refractivity contribution in [2.45, 2.75) is 19.8 Å². The van der Waals surface area contributed by atoms with E-state index in [1.807, 2.05) is 0 Å². The van der Waals surface area contributed by atoms with Crippen molar-refractivity contribution in [3.05, 3.63) is 58.6 Å². The Morgan fingerprint density at radius 1 is 0.960 bits per heavy atom. The number of nitrogens with zero attached hydrogens (tertiary/aromatic N) is 4. The lowest BCUT2D eigenvalue weighted by molar-refractivity contribution is -0.121. The highest BCUT2D eigenvalue weighted by atomic mass is 16.2. The van der Waals surface area contributed by atoms with Crippen LogP contribution in [0, 0.1) is 6.92 Å². The summed E-state index contributed by atoms with van der Waals surface area (Å²) >= 11 is 0. The molecule has 1 fully saturated rings. The lowest BCUT2D eigenvalue weighted by Crippen LogP contribution is -2.29. The fraction of sp³-hybridized carbons (Fsp3) is 0.167. The number of amides is 2. The normalized spacial score (nSPS) is 14.5. The van der Waals surface area contributed by atoms with Crippen molar-refractivity contribution in [2.24, 2.45) is 0 Å². The first-order chi connectivity index (χ1) is 12.1. The second kappa shape index (κ2) is 5.62. The van der Waals surface area contributed by atoms with E-state index >= 15 is 0 Å². The highest BCUT2D eigenvalue weighted by Gasteiger charge is 2.30. The predicted molar refractivity (Wildman–Crippen MR) is 91.6 cm³/mol. The molecule has 3 aromatic rings. The molecule has 3 heterocycles. The maximum atomic E-state index is 12.7. The van der Waals surface area contributed by atoms with Crippen molar-refractivity contribution >= 4 is 28.7 Å². The number of benzene rings is 1. The predicted octanol–water partition coefficient (Wildman–Crippen LogP) is 1.74. The molecule has 2 amide bonds. The van der Waals surface area contributed by atoms with Crippen molar-refractivity contribution in [1.29, 1.82) is 0 Å². The zero-order chi connectivity index (χ0) is 17.6. The van der Waals surface area contributed by atoms with Gasteiger partial charge in [0.25, 0.3) is 5.56 Å². The van der Waals surface area contributed by atoms with Crippen LogP contribution < -0.4 is 10.5 Å². The van der Waals surface area contributed by atoms with Crippen LogP contribution in [0.25, 0.3) is 16.9 Å². The summed E-state index contributed by atoms with van der Waals surface area (Å²) in [6.07, 6.45) is 2.01. The molecule has 0 aliphatic carbocycles. The molecule has 25 heavy (non-hydrogen) atoms. The Labute approximate surface area is 142 Å². The van der Waals surface area contributed by atoms with E-state index in [1.165, 1.54) is 4.57 Å². The van der Waals surface area contributed by atoms with Crippen LogP contribution in [0.3, 0.4) is 0 Å². The van der Waals surface area contributed by atoms with E-state index in [-0.39, 0.29) is 30.2 Å². The van der Waals surface area contributed by atoms with Crippen molar-refractivity contribution in [1.82, 2.24) is 14.5 Å². The molecule has 4 rings (SSSR count). The summed E-state index contributed by atoms with van der Waals surface area (Å²) in [4.78, 5) is 46.3. The van der Waals surface area contributed by atoms with E-state index < -0.39 is 0 Å². The van der Waals surface area contributed by atoms with E-state index in [9.17, 15) is 14.4 Å². The Balaban J connectivity index is 1.95. The standard InChI is InChI=1S/C18H14N4O3/c1-11-18(25)22(17-14(20-11)6-3-9-19-17)13-5-2-4-12(10-13)21-15(23)7-8-16(21)24/h2-6,9-10H,7-8H2,1H3. The van der Waals surface area contributed by atoms with Crippen molar-refractivity contribution in [3.8, 4) is 5.69 Å². The molecule has 0 atom stereocenters. The maximum Gasteiger partial charge on any atom is 0.278 e. The summed E-state index contributed by atoms with van der Waals surface area (Å²) < 4.78 is 1.45. The van der Waals surface area contributed by atoms with Crippen LogP contribution in [-0.4, -0.2) is 26.3 Å². The average Bonchev–Trinajstić information content (AvgIpc) is 2.95. The van der Waals surface area contributed by atoms with Gasteiger partial charge < -0.3 is 0 Å². The number of hydrogen-bond donors (Lipinski definition) is 0. The smallest absolute Gasteiger partial charge is 0.274 e. The topological polar surface area (TPSA) is 85.2 Å². The Bertz CT molecular complexity index is 1070. The minimum Gasteiger partial charge on any atom is -0.274 e. The molecule has 0 unspecified atom stereocenters. The van der Waals surface area contributed by atoms with Crippen molar-refractivity contribution < 1.29 is 9.59 Å². The summed E-state index contributed by atoms with van der Waals surface area (Å²) in [6.45, 7) is 1.64. The van der Waals surface area contributed by atoms with E-state index in [0.717, 1.165) is 4.90 Å². The van der Waals surface area contributed by atoms with Crippen LogP contribution in [0.2, 0.25) is 0 Å². The largest absolute Gasteiger partial charge is 0.278 e. The molecule has 7 nitrogen and oxygen atoms in total. The van der Waals surface area contributed by atoms with Crippen LogP contribution in [0.5, 0.6) is 0 Å². The lowest BCUT2D eigenvalue weighted by Gasteiger charge is -2.16. The van der Waals surface area contributed by atoms with Gasteiger partial charge in [0.15, 0.2) is 5.65 Å². The average molecular weight is 334 g/mol. The fourth-order valence-electron chi connectivity index (χ4n) is 3.01. The summed E-state index contributed by atoms with van der Waals surface area (Å²) in [5.74, 6) is -0.466. The number of anilines is 1. The third-order valence-electron chi connectivity index (χ3n) is 4.18. The van der Waals surface area contributed by atoms with E-state index in [0.29, 0.717) is 28.2 Å². The number of fused-ring (bicyclic) bond motifs is 1. The third-order valence-corrected chi connectivity index (χ3v) is 4.18. The molecule has 0 saturated carbocycles. The molecule has 0 radical (unpaired) electrons. The molecule has 7 heteroatoms. The third kappa shape index (κ3) is 2.40. The fourth-order valence-corrected chi connectivity index (χ4v) is 3.01. The van der Waals surface area contributed by atoms with Gasteiger partial charge in [0.1, 0.15) is 11.2 Å². The van der Waals surface area contributed by atoms with Gasteiger partial charge in [-0.1, -0.05) is 6.07 Å². The number of aryl methyl sites for hydroxylation is 1. The highest BCUT2D eigenvalue weighted by Crippen LogP contribution is 2.25. The molecule has 124 valence electrons. The first-order valence-electron chi connectivity index (χ1n) is 7.87. The van der Waals surface area contributed by atoms with E-state index in [1.54, 1.807) is 49.5 Å². The van der Waals surface area contributed by atoms with Gasteiger partial charge >= 0.3 is 0 Å². The Morgan fingerprint density at radius 2 is 1.68 bits per heavy atom. The van der Waals surface area contributed by atoms with Crippen LogP contribution in [0.15, 0.2) is 47.4 Å². The highest BCUT2D eigenvalue weighted by molar-refractivity contribution is 6.19. The van der Waals surface area contributed by atoms with Gasteiger partial charge in [-0.05, 0) is 37.3 Å². The summed E-state index contributed by atoms with van der Waals surface area (Å²) in [5, 5.41) is 0. The van der Waals surface area contributed by atoms with E-state index in [4.69, 9.17) is 0 Å². The number of carbonyl (C=O) groups excluding carboxylic acids is 2. The van der Waals surface area contributed by atoms with Gasteiger partial charge in [-0.25, -0.2) is 9.97 Å². The van der Waals surface area contributed by atoms with Crippen molar-refractivity contribution in [2.75, 3.05) is 4.90 Å². The molecule has 2 aromatic heterocycles. The lowest BCUT2D eigenvalue weighted by atomic mass is 10.2. The number of imide groups is 1. The molecular formula is C18H14N4O3. The van der Waals surface area contributed by atoms with Crippen LogP contribution in [0.4, 0.5) is 5.69 Å².